The zero-order valence-corrected chi connectivity index (χ0v) is 12.7. The highest BCUT2D eigenvalue weighted by molar-refractivity contribution is 6.35. The van der Waals surface area contributed by atoms with E-state index in [1.807, 2.05) is 18.2 Å². The van der Waals surface area contributed by atoms with Gasteiger partial charge in [-0.05, 0) is 29.3 Å². The smallest absolute Gasteiger partial charge is 0.219 e. The van der Waals surface area contributed by atoms with Crippen molar-refractivity contribution in [3.63, 3.8) is 0 Å². The molecule has 5 heteroatoms. The van der Waals surface area contributed by atoms with E-state index in [2.05, 4.69) is 4.98 Å². The molecule has 1 aromatic heterocycles. The molecule has 0 aliphatic carbocycles. The molecule has 2 aromatic rings. The third-order valence-electron chi connectivity index (χ3n) is 3.14. The number of pyridine rings is 1. The van der Waals surface area contributed by atoms with Gasteiger partial charge in [-0.1, -0.05) is 35.3 Å². The summed E-state index contributed by atoms with van der Waals surface area (Å²) in [7, 11) is 1.74. The summed E-state index contributed by atoms with van der Waals surface area (Å²) in [5.41, 5.74) is 1.72. The van der Waals surface area contributed by atoms with E-state index in [4.69, 9.17) is 23.2 Å². The van der Waals surface area contributed by atoms with Crippen molar-refractivity contribution < 1.29 is 4.79 Å². The number of benzene rings is 1. The first-order chi connectivity index (χ1) is 9.50. The van der Waals surface area contributed by atoms with E-state index in [1.165, 1.54) is 6.92 Å². The minimum absolute atomic E-state index is 0.0510. The molecule has 1 heterocycles. The van der Waals surface area contributed by atoms with Crippen LogP contribution in [-0.4, -0.2) is 22.8 Å². The Morgan fingerprint density at radius 2 is 2.05 bits per heavy atom. The van der Waals surface area contributed by atoms with E-state index >= 15 is 0 Å². The minimum Gasteiger partial charge on any atom is -0.335 e. The molecule has 104 valence electrons. The molecule has 1 amide bonds. The SMILES string of the molecule is CC(=O)N(C)[C@@H](c1cccnc1)c1ccc(Cl)cc1Cl. The number of amides is 1. The Kier molecular flexibility index (Phi) is 4.63. The molecule has 0 spiro atoms. The fraction of sp³-hybridized carbons (Fsp3) is 0.200. The lowest BCUT2D eigenvalue weighted by atomic mass is 9.98. The van der Waals surface area contributed by atoms with Crippen molar-refractivity contribution in [2.45, 2.75) is 13.0 Å². The fourth-order valence-corrected chi connectivity index (χ4v) is 2.57. The van der Waals surface area contributed by atoms with Crippen LogP contribution in [0.4, 0.5) is 0 Å². The highest BCUT2D eigenvalue weighted by atomic mass is 35.5. The molecule has 20 heavy (non-hydrogen) atoms. The van der Waals surface area contributed by atoms with Gasteiger partial charge in [-0.15, -0.1) is 0 Å². The van der Waals surface area contributed by atoms with Crippen LogP contribution in [0, 0.1) is 0 Å². The number of aromatic nitrogens is 1. The second-order valence-corrected chi connectivity index (χ2v) is 5.33. The zero-order valence-electron chi connectivity index (χ0n) is 11.2. The summed E-state index contributed by atoms with van der Waals surface area (Å²) in [4.78, 5) is 17.5. The highest BCUT2D eigenvalue weighted by Gasteiger charge is 2.23. The first kappa shape index (κ1) is 14.8. The second-order valence-electron chi connectivity index (χ2n) is 4.48. The molecule has 0 unspecified atom stereocenters. The number of hydrogen-bond acceptors (Lipinski definition) is 2. The Labute approximate surface area is 128 Å². The van der Waals surface area contributed by atoms with Crippen molar-refractivity contribution in [2.75, 3.05) is 7.05 Å². The number of rotatable bonds is 3. The van der Waals surface area contributed by atoms with Gasteiger partial charge in [0.05, 0.1) is 6.04 Å². The standard InChI is InChI=1S/C15H14Cl2N2O/c1-10(20)19(2)15(11-4-3-7-18-9-11)13-6-5-12(16)8-14(13)17/h3-9,15H,1-2H3/t15-/m0/s1. The van der Waals surface area contributed by atoms with Crippen LogP contribution in [0.5, 0.6) is 0 Å². The average molecular weight is 309 g/mol. The van der Waals surface area contributed by atoms with E-state index in [0.717, 1.165) is 11.1 Å². The lowest BCUT2D eigenvalue weighted by Crippen LogP contribution is -2.30. The van der Waals surface area contributed by atoms with Crippen LogP contribution >= 0.6 is 23.2 Å². The molecule has 0 aliphatic rings. The van der Waals surface area contributed by atoms with Gasteiger partial charge in [0, 0.05) is 36.4 Å². The van der Waals surface area contributed by atoms with Crippen LogP contribution < -0.4 is 0 Å². The van der Waals surface area contributed by atoms with Gasteiger partial charge in [0.1, 0.15) is 0 Å². The van der Waals surface area contributed by atoms with E-state index in [-0.39, 0.29) is 11.9 Å². The predicted octanol–water partition coefficient (Wildman–Crippen LogP) is 3.96. The van der Waals surface area contributed by atoms with Crippen molar-refractivity contribution in [1.82, 2.24) is 9.88 Å². The van der Waals surface area contributed by atoms with Gasteiger partial charge in [0.2, 0.25) is 5.91 Å². The number of carbonyl (C=O) groups is 1. The Hall–Kier alpha value is -1.58. The van der Waals surface area contributed by atoms with Crippen molar-refractivity contribution >= 4 is 29.1 Å². The molecule has 2 rings (SSSR count). The molecule has 0 saturated carbocycles. The van der Waals surface area contributed by atoms with Crippen LogP contribution in [-0.2, 0) is 4.79 Å². The van der Waals surface area contributed by atoms with Gasteiger partial charge in [-0.3, -0.25) is 9.78 Å². The van der Waals surface area contributed by atoms with Crippen LogP contribution in [0.25, 0.3) is 0 Å². The molecule has 0 aliphatic heterocycles. The summed E-state index contributed by atoms with van der Waals surface area (Å²) in [6.07, 6.45) is 3.42. The summed E-state index contributed by atoms with van der Waals surface area (Å²) in [5.74, 6) is -0.0510. The van der Waals surface area contributed by atoms with Gasteiger partial charge in [0.15, 0.2) is 0 Å². The van der Waals surface area contributed by atoms with E-state index in [0.29, 0.717) is 10.0 Å². The fourth-order valence-electron chi connectivity index (χ4n) is 2.05. The van der Waals surface area contributed by atoms with Crippen molar-refractivity contribution in [2.24, 2.45) is 0 Å². The number of carbonyl (C=O) groups excluding carboxylic acids is 1. The first-order valence-electron chi connectivity index (χ1n) is 6.09. The molecule has 0 N–H and O–H groups in total. The summed E-state index contributed by atoms with van der Waals surface area (Å²) < 4.78 is 0. The molecule has 1 aromatic carbocycles. The Bertz CT molecular complexity index is 617. The second kappa shape index (κ2) is 6.25. The summed E-state index contributed by atoms with van der Waals surface area (Å²) in [5, 5.41) is 1.09. The normalized spacial score (nSPS) is 12.0. The van der Waals surface area contributed by atoms with Gasteiger partial charge in [-0.25, -0.2) is 0 Å². The molecule has 0 bridgehead atoms. The maximum atomic E-state index is 11.7. The van der Waals surface area contributed by atoms with Crippen LogP contribution in [0.3, 0.4) is 0 Å². The summed E-state index contributed by atoms with van der Waals surface area (Å²) in [6.45, 7) is 1.52. The van der Waals surface area contributed by atoms with Gasteiger partial charge >= 0.3 is 0 Å². The van der Waals surface area contributed by atoms with E-state index in [9.17, 15) is 4.79 Å². The summed E-state index contributed by atoms with van der Waals surface area (Å²) in [6, 6.07) is 8.74. The quantitative estimate of drug-likeness (QED) is 0.860. The third-order valence-corrected chi connectivity index (χ3v) is 3.70. The Morgan fingerprint density at radius 1 is 1.30 bits per heavy atom. The average Bonchev–Trinajstić information content (AvgIpc) is 2.42. The van der Waals surface area contributed by atoms with E-state index in [1.54, 1.807) is 36.5 Å². The lowest BCUT2D eigenvalue weighted by Gasteiger charge is -2.28. The maximum absolute atomic E-state index is 11.7. The Balaban J connectivity index is 2.54. The molecular weight excluding hydrogens is 295 g/mol. The molecule has 3 nitrogen and oxygen atoms in total. The molecular formula is C15H14Cl2N2O. The largest absolute Gasteiger partial charge is 0.335 e. The van der Waals surface area contributed by atoms with Crippen molar-refractivity contribution in [1.29, 1.82) is 0 Å². The van der Waals surface area contributed by atoms with Gasteiger partial charge < -0.3 is 4.90 Å². The zero-order chi connectivity index (χ0) is 14.7. The van der Waals surface area contributed by atoms with Gasteiger partial charge in [-0.2, -0.15) is 0 Å². The monoisotopic (exact) mass is 308 g/mol. The topological polar surface area (TPSA) is 33.2 Å². The number of nitrogens with zero attached hydrogens (tertiary/aromatic N) is 2. The van der Waals surface area contributed by atoms with Gasteiger partial charge in [0.25, 0.3) is 0 Å². The number of halogens is 2. The summed E-state index contributed by atoms with van der Waals surface area (Å²) >= 11 is 12.2. The minimum atomic E-state index is -0.286. The molecule has 1 atom stereocenters. The lowest BCUT2D eigenvalue weighted by molar-refractivity contribution is -0.129. The van der Waals surface area contributed by atoms with Crippen LogP contribution in [0.2, 0.25) is 10.0 Å². The molecule has 0 saturated heterocycles. The molecule has 0 fully saturated rings. The predicted molar refractivity (Wildman–Crippen MR) is 81.0 cm³/mol. The van der Waals surface area contributed by atoms with E-state index < -0.39 is 0 Å². The molecule has 0 radical (unpaired) electrons. The van der Waals surface area contributed by atoms with Crippen LogP contribution in [0.1, 0.15) is 24.1 Å². The van der Waals surface area contributed by atoms with Crippen molar-refractivity contribution in [3.05, 3.63) is 63.9 Å². The first-order valence-corrected chi connectivity index (χ1v) is 6.84. The van der Waals surface area contributed by atoms with Crippen LogP contribution in [0.15, 0.2) is 42.7 Å². The van der Waals surface area contributed by atoms with Crippen molar-refractivity contribution in [3.8, 4) is 0 Å². The highest BCUT2D eigenvalue weighted by Crippen LogP contribution is 2.33. The Morgan fingerprint density at radius 3 is 2.60 bits per heavy atom. The maximum Gasteiger partial charge on any atom is 0.219 e. The third kappa shape index (κ3) is 3.11. The number of hydrogen-bond donors (Lipinski definition) is 0.